The highest BCUT2D eigenvalue weighted by Crippen LogP contribution is 2.10. The summed E-state index contributed by atoms with van der Waals surface area (Å²) in [6, 6.07) is 12.8. The third-order valence-corrected chi connectivity index (χ3v) is 3.23. The van der Waals surface area contributed by atoms with E-state index in [4.69, 9.17) is 10.2 Å². The summed E-state index contributed by atoms with van der Waals surface area (Å²) in [6.45, 7) is 0.222. The van der Waals surface area contributed by atoms with Crippen molar-refractivity contribution in [2.45, 2.75) is 13.0 Å². The lowest BCUT2D eigenvalue weighted by Crippen LogP contribution is -2.24. The van der Waals surface area contributed by atoms with E-state index in [9.17, 15) is 14.4 Å². The topological polar surface area (TPSA) is 104 Å². The Bertz CT molecular complexity index is 737. The zero-order valence-corrected chi connectivity index (χ0v) is 12.2. The van der Waals surface area contributed by atoms with Gasteiger partial charge in [0, 0.05) is 6.54 Å². The summed E-state index contributed by atoms with van der Waals surface area (Å²) in [5.41, 5.74) is 1.51. The van der Waals surface area contributed by atoms with Crippen molar-refractivity contribution in [2.24, 2.45) is 0 Å². The number of rotatable bonds is 6. The van der Waals surface area contributed by atoms with Gasteiger partial charge in [0.1, 0.15) is 0 Å². The molecule has 0 unspecified atom stereocenters. The fourth-order valence-electron chi connectivity index (χ4n) is 2.09. The van der Waals surface area contributed by atoms with E-state index in [-0.39, 0.29) is 24.1 Å². The Morgan fingerprint density at radius 2 is 1.39 bits per heavy atom. The summed E-state index contributed by atoms with van der Waals surface area (Å²) in [7, 11) is 0. The molecular weight excluding hydrogens is 298 g/mol. The minimum Gasteiger partial charge on any atom is -0.481 e. The predicted octanol–water partition coefficient (Wildman–Crippen LogP) is 1.94. The number of nitrogens with one attached hydrogen (secondary N) is 1. The maximum Gasteiger partial charge on any atom is 0.336 e. The number of aliphatic carboxylic acids is 1. The number of carboxylic acids is 2. The largest absolute Gasteiger partial charge is 0.481 e. The highest BCUT2D eigenvalue weighted by molar-refractivity contribution is 6.04. The number of aromatic carboxylic acids is 1. The summed E-state index contributed by atoms with van der Waals surface area (Å²) < 4.78 is 0. The molecule has 0 aliphatic heterocycles. The number of benzene rings is 2. The average Bonchev–Trinajstić information content (AvgIpc) is 2.53. The van der Waals surface area contributed by atoms with Gasteiger partial charge in [0.05, 0.1) is 17.5 Å². The van der Waals surface area contributed by atoms with E-state index in [0.29, 0.717) is 5.56 Å². The summed E-state index contributed by atoms with van der Waals surface area (Å²) in [5.74, 6) is -2.54. The number of hydrogen-bond donors (Lipinski definition) is 3. The van der Waals surface area contributed by atoms with Crippen LogP contribution in [0.15, 0.2) is 48.5 Å². The zero-order chi connectivity index (χ0) is 16.8. The number of hydrogen-bond acceptors (Lipinski definition) is 3. The zero-order valence-electron chi connectivity index (χ0n) is 12.2. The number of carbonyl (C=O) groups is 3. The fraction of sp³-hybridized carbons (Fsp3) is 0.118. The van der Waals surface area contributed by atoms with Crippen LogP contribution >= 0.6 is 0 Å². The van der Waals surface area contributed by atoms with Gasteiger partial charge in [-0.05, 0) is 23.3 Å². The molecule has 3 N–H and O–H groups in total. The molecule has 2 aromatic carbocycles. The smallest absolute Gasteiger partial charge is 0.336 e. The Balaban J connectivity index is 2.02. The van der Waals surface area contributed by atoms with Crippen LogP contribution in [-0.4, -0.2) is 28.1 Å². The molecule has 0 heterocycles. The first-order chi connectivity index (χ1) is 11.0. The lowest BCUT2D eigenvalue weighted by molar-refractivity contribution is -0.136. The third kappa shape index (κ3) is 4.41. The molecule has 2 rings (SSSR count). The summed E-state index contributed by atoms with van der Waals surface area (Å²) in [5, 5.41) is 20.4. The molecule has 6 heteroatoms. The van der Waals surface area contributed by atoms with E-state index in [0.717, 1.165) is 5.56 Å². The maximum absolute atomic E-state index is 12.1. The monoisotopic (exact) mass is 313 g/mol. The predicted molar refractivity (Wildman–Crippen MR) is 82.4 cm³/mol. The highest BCUT2D eigenvalue weighted by Gasteiger charge is 2.15. The van der Waals surface area contributed by atoms with E-state index >= 15 is 0 Å². The minimum atomic E-state index is -1.16. The number of amides is 1. The van der Waals surface area contributed by atoms with Crippen LogP contribution in [-0.2, 0) is 17.8 Å². The van der Waals surface area contributed by atoms with Gasteiger partial charge in [-0.1, -0.05) is 36.4 Å². The first kappa shape index (κ1) is 16.2. The van der Waals surface area contributed by atoms with Crippen LogP contribution in [0.1, 0.15) is 31.8 Å². The van der Waals surface area contributed by atoms with E-state index < -0.39 is 17.8 Å². The van der Waals surface area contributed by atoms with Crippen molar-refractivity contribution in [3.8, 4) is 0 Å². The molecule has 0 aliphatic carbocycles. The summed E-state index contributed by atoms with van der Waals surface area (Å²) >= 11 is 0. The van der Waals surface area contributed by atoms with Crippen molar-refractivity contribution in [2.75, 3.05) is 0 Å². The van der Waals surface area contributed by atoms with Crippen molar-refractivity contribution < 1.29 is 24.6 Å². The van der Waals surface area contributed by atoms with Crippen molar-refractivity contribution in [3.63, 3.8) is 0 Å². The molecular formula is C17H15NO5. The Morgan fingerprint density at radius 1 is 0.826 bits per heavy atom. The lowest BCUT2D eigenvalue weighted by Gasteiger charge is -2.08. The van der Waals surface area contributed by atoms with Gasteiger partial charge in [0.15, 0.2) is 0 Å². The molecule has 23 heavy (non-hydrogen) atoms. The molecule has 0 atom stereocenters. The first-order valence-electron chi connectivity index (χ1n) is 6.87. The number of carboxylic acid groups (broad SMARTS) is 2. The molecule has 6 nitrogen and oxygen atoms in total. The van der Waals surface area contributed by atoms with Crippen LogP contribution in [0.4, 0.5) is 0 Å². The van der Waals surface area contributed by atoms with Crippen molar-refractivity contribution >= 4 is 17.8 Å². The van der Waals surface area contributed by atoms with Crippen LogP contribution in [0, 0.1) is 0 Å². The third-order valence-electron chi connectivity index (χ3n) is 3.23. The average molecular weight is 313 g/mol. The quantitative estimate of drug-likeness (QED) is 0.756. The molecule has 2 aromatic rings. The first-order valence-corrected chi connectivity index (χ1v) is 6.87. The Kier molecular flexibility index (Phi) is 5.09. The van der Waals surface area contributed by atoms with Gasteiger partial charge >= 0.3 is 11.9 Å². The number of carbonyl (C=O) groups excluding carboxylic acids is 1. The molecule has 118 valence electrons. The fourth-order valence-corrected chi connectivity index (χ4v) is 2.09. The minimum absolute atomic E-state index is 0.0539. The highest BCUT2D eigenvalue weighted by atomic mass is 16.4. The summed E-state index contributed by atoms with van der Waals surface area (Å²) in [6.07, 6.45) is -0.0569. The summed E-state index contributed by atoms with van der Waals surface area (Å²) in [4.78, 5) is 33.8. The maximum atomic E-state index is 12.1. The molecule has 0 radical (unpaired) electrons. The van der Waals surface area contributed by atoms with E-state index in [1.165, 1.54) is 12.1 Å². The Hall–Kier alpha value is -3.15. The molecule has 0 aliphatic rings. The van der Waals surface area contributed by atoms with Gasteiger partial charge < -0.3 is 15.5 Å². The normalized spacial score (nSPS) is 10.1. The molecule has 0 saturated carbocycles. The molecule has 0 fully saturated rings. The van der Waals surface area contributed by atoms with Gasteiger partial charge in [-0.25, -0.2) is 4.79 Å². The molecule has 0 spiro atoms. The van der Waals surface area contributed by atoms with E-state index in [1.54, 1.807) is 36.4 Å². The van der Waals surface area contributed by atoms with Crippen LogP contribution in [0.2, 0.25) is 0 Å². The van der Waals surface area contributed by atoms with Crippen LogP contribution in [0.25, 0.3) is 0 Å². The molecule has 0 bridgehead atoms. The van der Waals surface area contributed by atoms with Crippen LogP contribution in [0.3, 0.4) is 0 Å². The van der Waals surface area contributed by atoms with Gasteiger partial charge in [-0.2, -0.15) is 0 Å². The van der Waals surface area contributed by atoms with E-state index in [1.807, 2.05) is 0 Å². The lowest BCUT2D eigenvalue weighted by atomic mass is 10.1. The molecule has 0 saturated heterocycles. The Labute approximate surface area is 132 Å². The molecule has 0 aromatic heterocycles. The SMILES string of the molecule is O=C(O)Cc1ccc(CNC(=O)c2ccccc2C(=O)O)cc1. The van der Waals surface area contributed by atoms with Crippen LogP contribution < -0.4 is 5.32 Å². The second kappa shape index (κ2) is 7.22. The Morgan fingerprint density at radius 3 is 1.96 bits per heavy atom. The van der Waals surface area contributed by atoms with Gasteiger partial charge in [-0.15, -0.1) is 0 Å². The van der Waals surface area contributed by atoms with Crippen molar-refractivity contribution in [3.05, 3.63) is 70.8 Å². The second-order valence-electron chi connectivity index (χ2n) is 4.92. The van der Waals surface area contributed by atoms with Crippen molar-refractivity contribution in [1.82, 2.24) is 5.32 Å². The van der Waals surface area contributed by atoms with E-state index in [2.05, 4.69) is 5.32 Å². The van der Waals surface area contributed by atoms with Crippen molar-refractivity contribution in [1.29, 1.82) is 0 Å². The second-order valence-corrected chi connectivity index (χ2v) is 4.92. The standard InChI is InChI=1S/C17H15NO5/c19-15(20)9-11-5-7-12(8-6-11)10-18-16(21)13-3-1-2-4-14(13)17(22)23/h1-8H,9-10H2,(H,18,21)(H,19,20)(H,22,23). The van der Waals surface area contributed by atoms with Gasteiger partial charge in [0.25, 0.3) is 5.91 Å². The van der Waals surface area contributed by atoms with Crippen LogP contribution in [0.5, 0.6) is 0 Å². The van der Waals surface area contributed by atoms with Gasteiger partial charge in [0.2, 0.25) is 0 Å². The molecule has 1 amide bonds. The van der Waals surface area contributed by atoms with Gasteiger partial charge in [-0.3, -0.25) is 9.59 Å².